The van der Waals surface area contributed by atoms with E-state index in [-0.39, 0.29) is 32.7 Å². The summed E-state index contributed by atoms with van der Waals surface area (Å²) in [5.41, 5.74) is 1.77. The molecule has 2 heterocycles. The maximum atomic E-state index is 11.9. The van der Waals surface area contributed by atoms with Crippen LogP contribution >= 0.6 is 0 Å². The Bertz CT molecular complexity index is 3740. The lowest BCUT2D eigenvalue weighted by Crippen LogP contribution is -2.25. The summed E-state index contributed by atoms with van der Waals surface area (Å²) in [5, 5.41) is 2.65. The Morgan fingerprint density at radius 3 is 0.907 bits per heavy atom. The van der Waals surface area contributed by atoms with Crippen molar-refractivity contribution in [3.05, 3.63) is 327 Å². The minimum absolute atomic E-state index is 0.186. The molecule has 9 heteroatoms. The van der Waals surface area contributed by atoms with E-state index in [0.717, 1.165) is 28.4 Å². The number of Topliss-reactive ketones (excluding diaryl/α,β-unsaturated/α-hetero) is 2. The Morgan fingerprint density at radius 1 is 0.289 bits per heavy atom. The number of rotatable bonds is 18. The van der Waals surface area contributed by atoms with E-state index in [2.05, 4.69) is 301 Å². The summed E-state index contributed by atoms with van der Waals surface area (Å²) >= 11 is 0. The first-order valence-corrected chi connectivity index (χ1v) is 45.7. The van der Waals surface area contributed by atoms with Gasteiger partial charge in [-0.2, -0.15) is 0 Å². The van der Waals surface area contributed by atoms with Crippen LogP contribution in [0.1, 0.15) is 80.5 Å². The van der Waals surface area contributed by atoms with Gasteiger partial charge in [0.15, 0.2) is 50.7 Å². The molecule has 0 aliphatic carbocycles. The predicted octanol–water partition coefficient (Wildman–Crippen LogP) is 21.6. The second-order valence-corrected chi connectivity index (χ2v) is 39.1. The molecular formula is C88H103O2S7+7. The molecule has 2 aliphatic rings. The molecule has 0 spiro atoms. The molecule has 2 fully saturated rings. The third-order valence-corrected chi connectivity index (χ3v) is 31.0. The van der Waals surface area contributed by atoms with E-state index in [1.54, 1.807) is 0 Å². The zero-order valence-electron chi connectivity index (χ0n) is 58.3. The molecule has 1 unspecified atom stereocenters. The van der Waals surface area contributed by atoms with Crippen molar-refractivity contribution in [1.29, 1.82) is 0 Å². The minimum atomic E-state index is 0.186. The smallest absolute Gasteiger partial charge is 0.211 e. The number of carbonyl (C=O) groups excluding carboxylic acids is 2. The fourth-order valence-corrected chi connectivity index (χ4v) is 23.0. The average molecular weight is 1420 g/mol. The Kier molecular flexibility index (Phi) is 36.9. The molecule has 11 aromatic rings. The molecule has 2 saturated heterocycles. The zero-order valence-corrected chi connectivity index (χ0v) is 64.0. The van der Waals surface area contributed by atoms with Crippen LogP contribution in [0.3, 0.4) is 0 Å². The van der Waals surface area contributed by atoms with Gasteiger partial charge in [-0.05, 0) is 189 Å². The van der Waals surface area contributed by atoms with Crippen molar-refractivity contribution < 1.29 is 9.59 Å². The summed E-state index contributed by atoms with van der Waals surface area (Å²) < 4.78 is 0. The molecule has 0 aromatic heterocycles. The highest BCUT2D eigenvalue weighted by molar-refractivity contribution is 7.98. The van der Waals surface area contributed by atoms with Crippen LogP contribution in [0.15, 0.2) is 355 Å². The lowest BCUT2D eigenvalue weighted by Gasteiger charge is -2.12. The molecule has 0 radical (unpaired) electrons. The first-order valence-electron chi connectivity index (χ1n) is 34.2. The molecule has 0 amide bonds. The standard InChI is InChI=1S/C18H17S.C14H15S.C13H17OS.C13H13S.C12H15OS.C10H15S.C8H11S/c1-2-19(17-10-4-3-5-11-17)18-13-12-15-8-6-7-9-16(15)14-18;1-2-15(13-9-5-3-6-10-13)14-11-7-4-8-12-14;14-13(12-7-3-1-4-8-12)11-15-9-5-2-6-10-15;1-14(12-8-4-2-5-9-12)13-10-6-3-7-11-13;13-12(10-14-8-4-5-9-14)11-6-2-1-3-7-11;1-3-11(4-2)10-8-6-5-7-9-10;1-9(2)8-6-4-3-5-7-8/h3-14H,2H2,1H3;3-12H,2H2,1H3;1,3-4,7-8H,2,5-6,9-11H2;2-11H,1H3;1-3,6-7H,4-5,8-10H2;5-9H,3-4H2,1-2H3;3-7H,1-2H3/q7*+1. The zero-order chi connectivity index (χ0) is 68.5. The van der Waals surface area contributed by atoms with Gasteiger partial charge in [0.25, 0.3) is 0 Å². The summed E-state index contributed by atoms with van der Waals surface area (Å²) in [4.78, 5) is 35.2. The number of ketones is 2. The summed E-state index contributed by atoms with van der Waals surface area (Å²) in [7, 11) is 2.32. The Labute approximate surface area is 604 Å². The highest BCUT2D eigenvalue weighted by atomic mass is 32.2. The van der Waals surface area contributed by atoms with E-state index < -0.39 is 0 Å². The highest BCUT2D eigenvalue weighted by Crippen LogP contribution is 2.28. The van der Waals surface area contributed by atoms with Crippen LogP contribution in [0.5, 0.6) is 0 Å². The van der Waals surface area contributed by atoms with Crippen molar-refractivity contribution in [2.24, 2.45) is 0 Å². The number of hydrogen-bond donors (Lipinski definition) is 0. The van der Waals surface area contributed by atoms with Crippen molar-refractivity contribution in [2.75, 3.05) is 76.3 Å². The number of carbonyl (C=O) groups is 2. The molecule has 0 bridgehead atoms. The van der Waals surface area contributed by atoms with Gasteiger partial charge < -0.3 is 0 Å². The maximum Gasteiger partial charge on any atom is 0.211 e. The van der Waals surface area contributed by atoms with Crippen molar-refractivity contribution in [3.63, 3.8) is 0 Å². The van der Waals surface area contributed by atoms with Crippen LogP contribution < -0.4 is 0 Å². The minimum Gasteiger partial charge on any atom is -0.289 e. The monoisotopic (exact) mass is 1420 g/mol. The summed E-state index contributed by atoms with van der Waals surface area (Å²) in [6.45, 7) is 9.05. The van der Waals surface area contributed by atoms with Crippen molar-refractivity contribution in [3.8, 4) is 0 Å². The molecule has 11 aromatic carbocycles. The molecule has 1 atom stereocenters. The third-order valence-electron chi connectivity index (χ3n) is 16.2. The van der Waals surface area contributed by atoms with Gasteiger partial charge in [-0.1, -0.05) is 212 Å². The molecule has 97 heavy (non-hydrogen) atoms. The van der Waals surface area contributed by atoms with Crippen LogP contribution in [0.25, 0.3) is 10.8 Å². The van der Waals surface area contributed by atoms with Crippen molar-refractivity contribution in [2.45, 2.75) is 99.0 Å². The lowest BCUT2D eigenvalue weighted by molar-refractivity contribution is 0.101. The summed E-state index contributed by atoms with van der Waals surface area (Å²) in [6.07, 6.45) is 13.4. The predicted molar refractivity (Wildman–Crippen MR) is 440 cm³/mol. The van der Waals surface area contributed by atoms with Gasteiger partial charge in [0, 0.05) is 39.0 Å². The van der Waals surface area contributed by atoms with Gasteiger partial charge in [-0.25, -0.2) is 0 Å². The number of fused-ring (bicyclic) bond motifs is 1. The molecule has 2 aliphatic heterocycles. The molecule has 2 nitrogen and oxygen atoms in total. The third kappa shape index (κ3) is 28.0. The Morgan fingerprint density at radius 2 is 0.577 bits per heavy atom. The van der Waals surface area contributed by atoms with E-state index in [9.17, 15) is 9.59 Å². The number of benzene rings is 11. The molecular weight excluding hydrogens is 1310 g/mol. The van der Waals surface area contributed by atoms with Crippen LogP contribution in [-0.2, 0) is 76.3 Å². The van der Waals surface area contributed by atoms with Crippen molar-refractivity contribution in [1.82, 2.24) is 0 Å². The number of hydrogen-bond acceptors (Lipinski definition) is 2. The molecule has 502 valence electrons. The summed E-state index contributed by atoms with van der Waals surface area (Å²) in [6, 6.07) is 110. The Balaban J connectivity index is 0.000000161. The lowest BCUT2D eigenvalue weighted by atomic mass is 10.1. The molecule has 0 saturated carbocycles. The van der Waals surface area contributed by atoms with Crippen LogP contribution in [0, 0.1) is 0 Å². The normalized spacial score (nSPS) is 12.9. The van der Waals surface area contributed by atoms with Gasteiger partial charge in [0.05, 0.1) is 32.7 Å². The molecule has 13 rings (SSSR count). The fraction of sp³-hybridized carbons (Fsp3) is 0.250. The largest absolute Gasteiger partial charge is 0.289 e. The van der Waals surface area contributed by atoms with Gasteiger partial charge in [0.2, 0.25) is 11.6 Å². The van der Waals surface area contributed by atoms with Crippen LogP contribution in [-0.4, -0.2) is 87.9 Å². The summed E-state index contributed by atoms with van der Waals surface area (Å²) in [5.74, 6) is 12.2. The van der Waals surface area contributed by atoms with Crippen molar-refractivity contribution >= 4 is 98.6 Å². The van der Waals surface area contributed by atoms with Crippen LogP contribution in [0.4, 0.5) is 0 Å². The first kappa shape index (κ1) is 77.8. The Hall–Kier alpha value is -6.53. The van der Waals surface area contributed by atoms with E-state index in [4.69, 9.17) is 0 Å². The second-order valence-electron chi connectivity index (χ2n) is 23.1. The maximum absolute atomic E-state index is 11.9. The fourth-order valence-electron chi connectivity index (χ4n) is 10.9. The quantitative estimate of drug-likeness (QED) is 0.0634. The first-order chi connectivity index (χ1) is 47.6. The van der Waals surface area contributed by atoms with E-state index in [0.29, 0.717) is 55.1 Å². The molecule has 0 N–H and O–H groups in total. The topological polar surface area (TPSA) is 34.1 Å². The van der Waals surface area contributed by atoms with Gasteiger partial charge >= 0.3 is 0 Å². The van der Waals surface area contributed by atoms with Crippen LogP contribution in [0.2, 0.25) is 0 Å². The van der Waals surface area contributed by atoms with E-state index in [1.807, 2.05) is 60.7 Å². The van der Waals surface area contributed by atoms with E-state index in [1.165, 1.54) is 122 Å². The average Bonchev–Trinajstić information content (AvgIpc) is 1.11. The second kappa shape index (κ2) is 45.9. The van der Waals surface area contributed by atoms with Gasteiger partial charge in [-0.3, -0.25) is 9.59 Å². The SMILES string of the molecule is CC[S+](CC)c1ccccc1.CC[S+](c1ccccc1)c1ccc2ccccc2c1.CC[S+](c1ccccc1)c1ccccc1.C[S+](C)c1ccccc1.C[S+](c1ccccc1)c1ccccc1.O=C(C[S+]1CCCC1)c1ccccc1.O=C(C[S+]1CCCCC1)c1ccccc1. The van der Waals surface area contributed by atoms with E-state index >= 15 is 0 Å². The highest BCUT2D eigenvalue weighted by Gasteiger charge is 2.29. The van der Waals surface area contributed by atoms with Gasteiger partial charge in [0.1, 0.15) is 64.8 Å². The van der Waals surface area contributed by atoms with Gasteiger partial charge in [-0.15, -0.1) is 0 Å².